The number of rotatable bonds is 4. The average Bonchev–Trinajstić information content (AvgIpc) is 2.27. The molecule has 94 valence electrons. The van der Waals surface area contributed by atoms with Gasteiger partial charge < -0.3 is 24.1 Å². The van der Waals surface area contributed by atoms with E-state index in [0.717, 1.165) is 0 Å². The van der Waals surface area contributed by atoms with E-state index in [1.165, 1.54) is 28.3 Å². The van der Waals surface area contributed by atoms with Crippen LogP contribution < -0.4 is 0 Å². The standard InChI is InChI=1S/C10H18O6/c1-5(11)6-7(13-2)8(14-3)9(15-4)10(12)16-6/h6-10,12H,1-4H3/t6-,7-,8-,9+,10+/m1/s1. The number of Topliss-reactive ketones (excluding diaryl/α,β-unsaturated/α-hetero) is 1. The van der Waals surface area contributed by atoms with Gasteiger partial charge in [-0.05, 0) is 6.92 Å². The molecule has 0 saturated carbocycles. The fraction of sp³-hybridized carbons (Fsp3) is 0.900. The van der Waals surface area contributed by atoms with E-state index in [2.05, 4.69) is 0 Å². The Morgan fingerprint density at radius 1 is 1.06 bits per heavy atom. The Hall–Kier alpha value is -0.530. The first-order chi connectivity index (χ1) is 7.56. The van der Waals surface area contributed by atoms with Crippen LogP contribution in [0.1, 0.15) is 6.92 Å². The van der Waals surface area contributed by atoms with E-state index in [4.69, 9.17) is 18.9 Å². The molecule has 1 N–H and O–H groups in total. The minimum absolute atomic E-state index is 0.220. The second-order valence-corrected chi connectivity index (χ2v) is 3.66. The average molecular weight is 234 g/mol. The van der Waals surface area contributed by atoms with Gasteiger partial charge >= 0.3 is 0 Å². The van der Waals surface area contributed by atoms with Gasteiger partial charge in [0.05, 0.1) is 0 Å². The molecular formula is C10H18O6. The van der Waals surface area contributed by atoms with E-state index >= 15 is 0 Å². The van der Waals surface area contributed by atoms with Crippen LogP contribution in [0, 0.1) is 0 Å². The van der Waals surface area contributed by atoms with E-state index in [0.29, 0.717) is 0 Å². The van der Waals surface area contributed by atoms with Crippen LogP contribution in [0.5, 0.6) is 0 Å². The fourth-order valence-corrected chi connectivity index (χ4v) is 1.93. The van der Waals surface area contributed by atoms with Crippen molar-refractivity contribution in [2.45, 2.75) is 37.6 Å². The molecule has 1 heterocycles. The monoisotopic (exact) mass is 234 g/mol. The van der Waals surface area contributed by atoms with E-state index < -0.39 is 30.7 Å². The van der Waals surface area contributed by atoms with Crippen LogP contribution in [-0.2, 0) is 23.7 Å². The number of carbonyl (C=O) groups is 1. The van der Waals surface area contributed by atoms with Crippen molar-refractivity contribution in [2.75, 3.05) is 21.3 Å². The smallest absolute Gasteiger partial charge is 0.184 e. The maximum absolute atomic E-state index is 11.4. The molecule has 0 unspecified atom stereocenters. The van der Waals surface area contributed by atoms with E-state index in [1.54, 1.807) is 0 Å². The van der Waals surface area contributed by atoms with Gasteiger partial charge in [0, 0.05) is 21.3 Å². The predicted molar refractivity (Wildman–Crippen MR) is 54.0 cm³/mol. The molecule has 1 fully saturated rings. The summed E-state index contributed by atoms with van der Waals surface area (Å²) in [5, 5.41) is 9.67. The minimum atomic E-state index is -1.20. The van der Waals surface area contributed by atoms with E-state index in [1.807, 2.05) is 0 Å². The summed E-state index contributed by atoms with van der Waals surface area (Å²) in [6.45, 7) is 1.38. The van der Waals surface area contributed by atoms with Crippen molar-refractivity contribution in [3.63, 3.8) is 0 Å². The molecular weight excluding hydrogens is 216 g/mol. The third-order valence-electron chi connectivity index (χ3n) is 2.73. The molecule has 0 aliphatic carbocycles. The van der Waals surface area contributed by atoms with Crippen molar-refractivity contribution in [3.8, 4) is 0 Å². The fourth-order valence-electron chi connectivity index (χ4n) is 1.93. The van der Waals surface area contributed by atoms with Gasteiger partial charge in [0.25, 0.3) is 0 Å². The first-order valence-electron chi connectivity index (χ1n) is 4.99. The normalized spacial score (nSPS) is 39.7. The van der Waals surface area contributed by atoms with Gasteiger partial charge in [-0.15, -0.1) is 0 Å². The van der Waals surface area contributed by atoms with Crippen molar-refractivity contribution in [2.24, 2.45) is 0 Å². The quantitative estimate of drug-likeness (QED) is 0.696. The lowest BCUT2D eigenvalue weighted by Crippen LogP contribution is -2.61. The van der Waals surface area contributed by atoms with Crippen molar-refractivity contribution in [1.29, 1.82) is 0 Å². The molecule has 0 amide bonds. The first-order valence-corrected chi connectivity index (χ1v) is 4.99. The largest absolute Gasteiger partial charge is 0.376 e. The van der Waals surface area contributed by atoms with Gasteiger partial charge in [-0.3, -0.25) is 4.79 Å². The van der Waals surface area contributed by atoms with Crippen LogP contribution in [0.15, 0.2) is 0 Å². The second kappa shape index (κ2) is 5.70. The zero-order valence-corrected chi connectivity index (χ0v) is 9.88. The number of hydrogen-bond acceptors (Lipinski definition) is 6. The molecule has 16 heavy (non-hydrogen) atoms. The first kappa shape index (κ1) is 13.5. The molecule has 0 aromatic carbocycles. The molecule has 6 heteroatoms. The molecule has 0 spiro atoms. The highest BCUT2D eigenvalue weighted by Gasteiger charge is 2.48. The van der Waals surface area contributed by atoms with Crippen molar-refractivity contribution in [3.05, 3.63) is 0 Å². The summed E-state index contributed by atoms with van der Waals surface area (Å²) in [7, 11) is 4.36. The van der Waals surface area contributed by atoms with Crippen molar-refractivity contribution >= 4 is 5.78 Å². The summed E-state index contributed by atoms with van der Waals surface area (Å²) in [6, 6.07) is 0. The lowest BCUT2D eigenvalue weighted by atomic mass is 9.96. The zero-order valence-electron chi connectivity index (χ0n) is 9.88. The van der Waals surface area contributed by atoms with Gasteiger partial charge in [-0.25, -0.2) is 0 Å². The summed E-state index contributed by atoms with van der Waals surface area (Å²) >= 11 is 0. The number of aliphatic hydroxyl groups is 1. The van der Waals surface area contributed by atoms with Crippen LogP contribution in [0.4, 0.5) is 0 Å². The SMILES string of the molecule is CO[C@@H]1[C@H](OC)[C@@H](C(C)=O)O[C@H](O)[C@H]1OC. The molecule has 6 nitrogen and oxygen atoms in total. The third-order valence-corrected chi connectivity index (χ3v) is 2.73. The Morgan fingerprint density at radius 3 is 1.94 bits per heavy atom. The van der Waals surface area contributed by atoms with Crippen molar-refractivity contribution < 1.29 is 28.8 Å². The number of aliphatic hydroxyl groups excluding tert-OH is 1. The van der Waals surface area contributed by atoms with Crippen LogP contribution in [0.3, 0.4) is 0 Å². The maximum Gasteiger partial charge on any atom is 0.184 e. The minimum Gasteiger partial charge on any atom is -0.376 e. The molecule has 0 radical (unpaired) electrons. The summed E-state index contributed by atoms with van der Waals surface area (Å²) < 4.78 is 20.6. The molecule has 5 atom stereocenters. The molecule has 1 rings (SSSR count). The van der Waals surface area contributed by atoms with Gasteiger partial charge in [-0.2, -0.15) is 0 Å². The summed E-state index contributed by atoms with van der Waals surface area (Å²) in [5.74, 6) is -0.220. The van der Waals surface area contributed by atoms with E-state index in [9.17, 15) is 9.90 Å². The molecule has 0 aromatic heterocycles. The Balaban J connectivity index is 2.91. The molecule has 1 aliphatic rings. The van der Waals surface area contributed by atoms with Crippen LogP contribution in [0.25, 0.3) is 0 Å². The number of methoxy groups -OCH3 is 3. The lowest BCUT2D eigenvalue weighted by Gasteiger charge is -2.42. The summed E-state index contributed by atoms with van der Waals surface area (Å²) in [4.78, 5) is 11.4. The number of carbonyl (C=O) groups excluding carboxylic acids is 1. The van der Waals surface area contributed by atoms with Gasteiger partial charge in [0.2, 0.25) is 0 Å². The van der Waals surface area contributed by atoms with Crippen molar-refractivity contribution in [1.82, 2.24) is 0 Å². The summed E-state index contributed by atoms with van der Waals surface area (Å²) in [5.41, 5.74) is 0. The molecule has 1 aliphatic heterocycles. The van der Waals surface area contributed by atoms with Crippen LogP contribution >= 0.6 is 0 Å². The lowest BCUT2D eigenvalue weighted by molar-refractivity contribution is -0.288. The molecule has 1 saturated heterocycles. The van der Waals surface area contributed by atoms with Crippen LogP contribution in [0.2, 0.25) is 0 Å². The highest BCUT2D eigenvalue weighted by atomic mass is 16.7. The Morgan fingerprint density at radius 2 is 1.56 bits per heavy atom. The highest BCUT2D eigenvalue weighted by Crippen LogP contribution is 2.26. The number of ketones is 1. The zero-order chi connectivity index (χ0) is 12.3. The van der Waals surface area contributed by atoms with Gasteiger partial charge in [-0.1, -0.05) is 0 Å². The predicted octanol–water partition coefficient (Wildman–Crippen LogP) is -0.662. The Kier molecular flexibility index (Phi) is 4.82. The number of hydrogen-bond donors (Lipinski definition) is 1. The topological polar surface area (TPSA) is 74.2 Å². The highest BCUT2D eigenvalue weighted by molar-refractivity contribution is 5.81. The maximum atomic E-state index is 11.4. The Bertz CT molecular complexity index is 243. The van der Waals surface area contributed by atoms with Gasteiger partial charge in [0.15, 0.2) is 12.1 Å². The van der Waals surface area contributed by atoms with Gasteiger partial charge in [0.1, 0.15) is 24.4 Å². The third kappa shape index (κ3) is 2.41. The van der Waals surface area contributed by atoms with E-state index in [-0.39, 0.29) is 5.78 Å². The number of ether oxygens (including phenoxy) is 4. The Labute approximate surface area is 94.4 Å². The molecule has 0 bridgehead atoms. The summed E-state index contributed by atoms with van der Waals surface area (Å²) in [6.07, 6.45) is -3.85. The second-order valence-electron chi connectivity index (χ2n) is 3.66. The molecule has 0 aromatic rings. The van der Waals surface area contributed by atoms with Crippen LogP contribution in [-0.4, -0.2) is 62.9 Å².